The molecule has 14 heavy (non-hydrogen) atoms. The molecule has 3 atom stereocenters. The Labute approximate surface area is 89.4 Å². The van der Waals surface area contributed by atoms with Gasteiger partial charge in [-0.1, -0.05) is 22.0 Å². The predicted molar refractivity (Wildman–Crippen MR) is 50.6 cm³/mol. The maximum Gasteiger partial charge on any atom is 0.317 e. The molecule has 0 amide bonds. The van der Waals surface area contributed by atoms with Crippen molar-refractivity contribution in [2.45, 2.75) is 25.6 Å². The van der Waals surface area contributed by atoms with E-state index in [4.69, 9.17) is 9.47 Å². The molecule has 0 spiro atoms. The SMILES string of the molecule is CC(=O)O[C@@H]1C[C@@H]2OC(=O)[C@H]1C=C2Br. The Morgan fingerprint density at radius 3 is 3.00 bits per heavy atom. The minimum Gasteiger partial charge on any atom is -0.461 e. The van der Waals surface area contributed by atoms with Crippen molar-refractivity contribution in [3.8, 4) is 0 Å². The van der Waals surface area contributed by atoms with Crippen LogP contribution in [0.2, 0.25) is 0 Å². The van der Waals surface area contributed by atoms with Gasteiger partial charge in [0.2, 0.25) is 0 Å². The molecule has 3 aliphatic rings. The minimum absolute atomic E-state index is 0.281. The van der Waals surface area contributed by atoms with E-state index in [1.165, 1.54) is 6.92 Å². The first kappa shape index (κ1) is 9.71. The van der Waals surface area contributed by atoms with E-state index in [0.29, 0.717) is 6.42 Å². The minimum atomic E-state index is -0.446. The molecular formula is C9H9BrO4. The lowest BCUT2D eigenvalue weighted by molar-refractivity contribution is -0.174. The van der Waals surface area contributed by atoms with Crippen LogP contribution in [0.4, 0.5) is 0 Å². The largest absolute Gasteiger partial charge is 0.461 e. The monoisotopic (exact) mass is 260 g/mol. The number of hydrogen-bond donors (Lipinski definition) is 0. The Morgan fingerprint density at radius 2 is 2.43 bits per heavy atom. The molecule has 1 fully saturated rings. The van der Waals surface area contributed by atoms with E-state index in [-0.39, 0.29) is 24.1 Å². The molecule has 4 nitrogen and oxygen atoms in total. The van der Waals surface area contributed by atoms with Gasteiger partial charge in [0.1, 0.15) is 18.1 Å². The third-order valence-corrected chi connectivity index (χ3v) is 3.12. The first-order valence-corrected chi connectivity index (χ1v) is 5.12. The quantitative estimate of drug-likeness (QED) is 0.664. The zero-order chi connectivity index (χ0) is 10.3. The molecule has 2 bridgehead atoms. The Hall–Kier alpha value is -0.840. The molecule has 0 unspecified atom stereocenters. The summed E-state index contributed by atoms with van der Waals surface area (Å²) >= 11 is 3.31. The van der Waals surface area contributed by atoms with Gasteiger partial charge >= 0.3 is 11.9 Å². The van der Waals surface area contributed by atoms with E-state index in [0.717, 1.165) is 4.48 Å². The lowest BCUT2D eigenvalue weighted by Crippen LogP contribution is -2.46. The molecule has 0 aromatic carbocycles. The number of halogens is 1. The molecule has 2 heterocycles. The van der Waals surface area contributed by atoms with Crippen LogP contribution in [0.5, 0.6) is 0 Å². The van der Waals surface area contributed by atoms with E-state index in [9.17, 15) is 9.59 Å². The third kappa shape index (κ3) is 1.56. The fraction of sp³-hybridized carbons (Fsp3) is 0.556. The van der Waals surface area contributed by atoms with Crippen LogP contribution < -0.4 is 0 Å². The molecule has 0 radical (unpaired) electrons. The summed E-state index contributed by atoms with van der Waals surface area (Å²) in [4.78, 5) is 22.1. The number of hydrogen-bond acceptors (Lipinski definition) is 4. The highest BCUT2D eigenvalue weighted by Crippen LogP contribution is 2.37. The molecule has 1 saturated heterocycles. The highest BCUT2D eigenvalue weighted by Gasteiger charge is 2.44. The number of fused-ring (bicyclic) bond motifs is 2. The smallest absolute Gasteiger partial charge is 0.317 e. The number of rotatable bonds is 1. The molecule has 5 heteroatoms. The van der Waals surface area contributed by atoms with Gasteiger partial charge in [0.25, 0.3) is 0 Å². The Morgan fingerprint density at radius 1 is 1.71 bits per heavy atom. The summed E-state index contributed by atoms with van der Waals surface area (Å²) in [5.41, 5.74) is 0. The van der Waals surface area contributed by atoms with E-state index >= 15 is 0 Å². The average Bonchev–Trinajstić information content (AvgIpc) is 2.07. The van der Waals surface area contributed by atoms with Gasteiger partial charge in [-0.05, 0) is 0 Å². The second-order valence-electron chi connectivity index (χ2n) is 3.39. The number of esters is 2. The van der Waals surface area contributed by atoms with Crippen molar-refractivity contribution in [2.24, 2.45) is 5.92 Å². The summed E-state index contributed by atoms with van der Waals surface area (Å²) in [7, 11) is 0. The standard InChI is InChI=1S/C9H9BrO4/c1-4(11)13-7-3-8-6(10)2-5(7)9(12)14-8/h2,5,7-8H,3H2,1H3/t5-,7+,8-/m0/s1. The maximum absolute atomic E-state index is 11.3. The maximum atomic E-state index is 11.3. The Bertz CT molecular complexity index is 323. The van der Waals surface area contributed by atoms with Gasteiger partial charge in [0.15, 0.2) is 0 Å². The van der Waals surface area contributed by atoms with Crippen LogP contribution in [-0.2, 0) is 19.1 Å². The predicted octanol–water partition coefficient (Wildman–Crippen LogP) is 1.14. The number of ether oxygens (including phenoxy) is 2. The summed E-state index contributed by atoms with van der Waals surface area (Å²) in [6, 6.07) is 0. The van der Waals surface area contributed by atoms with Gasteiger partial charge in [0, 0.05) is 17.8 Å². The van der Waals surface area contributed by atoms with E-state index in [1.54, 1.807) is 6.08 Å². The van der Waals surface area contributed by atoms with Crippen molar-refractivity contribution in [1.29, 1.82) is 0 Å². The van der Waals surface area contributed by atoms with Crippen molar-refractivity contribution in [3.05, 3.63) is 10.6 Å². The third-order valence-electron chi connectivity index (χ3n) is 2.34. The second-order valence-corrected chi connectivity index (χ2v) is 4.30. The van der Waals surface area contributed by atoms with Gasteiger partial charge in [-0.2, -0.15) is 0 Å². The van der Waals surface area contributed by atoms with E-state index < -0.39 is 5.92 Å². The topological polar surface area (TPSA) is 52.6 Å². The van der Waals surface area contributed by atoms with E-state index in [1.807, 2.05) is 0 Å². The normalized spacial score (nSPS) is 34.9. The summed E-state index contributed by atoms with van der Waals surface area (Å²) in [6.07, 6.45) is 1.66. The summed E-state index contributed by atoms with van der Waals surface area (Å²) < 4.78 is 11.0. The lowest BCUT2D eigenvalue weighted by Gasteiger charge is -2.37. The number of carbonyl (C=O) groups is 2. The van der Waals surface area contributed by atoms with Crippen molar-refractivity contribution in [2.75, 3.05) is 0 Å². The highest BCUT2D eigenvalue weighted by atomic mass is 79.9. The van der Waals surface area contributed by atoms with Crippen LogP contribution in [0.15, 0.2) is 10.6 Å². The average molecular weight is 261 g/mol. The van der Waals surface area contributed by atoms with Crippen molar-refractivity contribution in [3.63, 3.8) is 0 Å². The highest BCUT2D eigenvalue weighted by molar-refractivity contribution is 9.11. The second kappa shape index (κ2) is 3.38. The van der Waals surface area contributed by atoms with Crippen LogP contribution in [0.3, 0.4) is 0 Å². The molecule has 0 aromatic heterocycles. The summed E-state index contributed by atoms with van der Waals surface area (Å²) in [5.74, 6) is -1.12. The fourth-order valence-corrected chi connectivity index (χ4v) is 2.30. The van der Waals surface area contributed by atoms with Crippen LogP contribution in [0.1, 0.15) is 13.3 Å². The van der Waals surface area contributed by atoms with E-state index in [2.05, 4.69) is 15.9 Å². The lowest BCUT2D eigenvalue weighted by atomic mass is 9.88. The van der Waals surface area contributed by atoms with Gasteiger partial charge in [-0.15, -0.1) is 0 Å². The van der Waals surface area contributed by atoms with Gasteiger partial charge in [-0.3, -0.25) is 9.59 Å². The molecule has 0 N–H and O–H groups in total. The molecule has 0 saturated carbocycles. The van der Waals surface area contributed by atoms with Crippen LogP contribution >= 0.6 is 15.9 Å². The van der Waals surface area contributed by atoms with Crippen LogP contribution in [0.25, 0.3) is 0 Å². The van der Waals surface area contributed by atoms with Crippen molar-refractivity contribution < 1.29 is 19.1 Å². The Kier molecular flexibility index (Phi) is 2.34. The molecule has 2 aliphatic heterocycles. The molecule has 76 valence electrons. The van der Waals surface area contributed by atoms with Crippen LogP contribution in [0, 0.1) is 5.92 Å². The first-order chi connectivity index (χ1) is 6.58. The summed E-state index contributed by atoms with van der Waals surface area (Å²) in [6.45, 7) is 1.34. The molecule has 0 aromatic rings. The molecular weight excluding hydrogens is 252 g/mol. The van der Waals surface area contributed by atoms with Gasteiger partial charge in [-0.25, -0.2) is 0 Å². The van der Waals surface area contributed by atoms with Gasteiger partial charge in [0.05, 0.1) is 0 Å². The van der Waals surface area contributed by atoms with Crippen molar-refractivity contribution >= 4 is 27.9 Å². The van der Waals surface area contributed by atoms with Crippen molar-refractivity contribution in [1.82, 2.24) is 0 Å². The summed E-state index contributed by atoms with van der Waals surface area (Å²) in [5, 5.41) is 0. The fourth-order valence-electron chi connectivity index (χ4n) is 1.73. The van der Waals surface area contributed by atoms with Crippen LogP contribution in [-0.4, -0.2) is 24.1 Å². The number of carbonyl (C=O) groups excluding carboxylic acids is 2. The molecule has 1 aliphatic carbocycles. The Balaban J connectivity index is 2.18. The molecule has 3 rings (SSSR count). The first-order valence-electron chi connectivity index (χ1n) is 4.33. The van der Waals surface area contributed by atoms with Gasteiger partial charge < -0.3 is 9.47 Å². The zero-order valence-electron chi connectivity index (χ0n) is 7.53. The zero-order valence-corrected chi connectivity index (χ0v) is 9.11.